The molecule has 2 aromatic rings. The fraction of sp³-hybridized carbons (Fsp3) is 0.316. The molecule has 0 N–H and O–H groups in total. The molecule has 1 fully saturated rings. The van der Waals surface area contributed by atoms with Crippen molar-refractivity contribution < 1.29 is 17.6 Å². The van der Waals surface area contributed by atoms with Crippen LogP contribution < -0.4 is 0 Å². The average molecular weight is 445 g/mol. The summed E-state index contributed by atoms with van der Waals surface area (Å²) in [5, 5.41) is 0.814. The Morgan fingerprint density at radius 2 is 1.68 bits per heavy atom. The van der Waals surface area contributed by atoms with E-state index >= 15 is 0 Å². The SMILES string of the molecule is O=C(Cc1ccc(Cl)c(Cl)c1)N1CCCN(S(=O)(=O)c2ccc(F)cc2)CC1. The van der Waals surface area contributed by atoms with E-state index in [1.807, 2.05) is 0 Å². The van der Waals surface area contributed by atoms with Crippen LogP contribution >= 0.6 is 23.2 Å². The summed E-state index contributed by atoms with van der Waals surface area (Å²) < 4.78 is 39.9. The second-order valence-corrected chi connectivity index (χ2v) is 9.27. The van der Waals surface area contributed by atoms with Gasteiger partial charge in [0.05, 0.1) is 21.4 Å². The molecule has 0 atom stereocenters. The maximum atomic E-state index is 13.1. The van der Waals surface area contributed by atoms with Crippen molar-refractivity contribution in [2.75, 3.05) is 26.2 Å². The number of hydrogen-bond acceptors (Lipinski definition) is 3. The van der Waals surface area contributed by atoms with Gasteiger partial charge in [0.15, 0.2) is 0 Å². The molecule has 1 aliphatic heterocycles. The van der Waals surface area contributed by atoms with E-state index in [-0.39, 0.29) is 23.8 Å². The lowest BCUT2D eigenvalue weighted by Crippen LogP contribution is -2.38. The second kappa shape index (κ2) is 8.78. The first kappa shape index (κ1) is 21.0. The van der Waals surface area contributed by atoms with Crippen molar-refractivity contribution in [2.45, 2.75) is 17.7 Å². The minimum absolute atomic E-state index is 0.0458. The lowest BCUT2D eigenvalue weighted by atomic mass is 10.1. The molecule has 150 valence electrons. The van der Waals surface area contributed by atoms with Gasteiger partial charge in [-0.05, 0) is 48.4 Å². The van der Waals surface area contributed by atoms with Gasteiger partial charge in [-0.2, -0.15) is 4.31 Å². The Labute approximate surface area is 173 Å². The van der Waals surface area contributed by atoms with Crippen LogP contribution in [-0.2, 0) is 21.2 Å². The average Bonchev–Trinajstić information content (AvgIpc) is 2.92. The predicted octanol–water partition coefficient (Wildman–Crippen LogP) is 3.60. The van der Waals surface area contributed by atoms with Gasteiger partial charge in [0.2, 0.25) is 15.9 Å². The van der Waals surface area contributed by atoms with Crippen LogP contribution in [0.25, 0.3) is 0 Å². The molecule has 5 nitrogen and oxygen atoms in total. The molecular weight excluding hydrogens is 426 g/mol. The summed E-state index contributed by atoms with van der Waals surface area (Å²) in [6, 6.07) is 9.80. The van der Waals surface area contributed by atoms with E-state index in [4.69, 9.17) is 23.2 Å². The predicted molar refractivity (Wildman–Crippen MR) is 107 cm³/mol. The van der Waals surface area contributed by atoms with Crippen molar-refractivity contribution >= 4 is 39.1 Å². The highest BCUT2D eigenvalue weighted by atomic mass is 35.5. The number of halogens is 3. The molecule has 2 aromatic carbocycles. The van der Waals surface area contributed by atoms with E-state index < -0.39 is 15.8 Å². The lowest BCUT2D eigenvalue weighted by Gasteiger charge is -2.22. The van der Waals surface area contributed by atoms with Crippen molar-refractivity contribution in [3.63, 3.8) is 0 Å². The first-order valence-electron chi connectivity index (χ1n) is 8.75. The molecule has 1 heterocycles. The van der Waals surface area contributed by atoms with Crippen LogP contribution in [-0.4, -0.2) is 49.7 Å². The van der Waals surface area contributed by atoms with Crippen molar-refractivity contribution in [3.05, 3.63) is 63.9 Å². The summed E-state index contributed by atoms with van der Waals surface area (Å²) in [6.07, 6.45) is 0.690. The monoisotopic (exact) mass is 444 g/mol. The van der Waals surface area contributed by atoms with Crippen LogP contribution in [0.2, 0.25) is 10.0 Å². The highest BCUT2D eigenvalue weighted by Gasteiger charge is 2.28. The Kier molecular flexibility index (Phi) is 6.60. The lowest BCUT2D eigenvalue weighted by molar-refractivity contribution is -0.130. The Morgan fingerprint density at radius 3 is 2.36 bits per heavy atom. The number of hydrogen-bond donors (Lipinski definition) is 0. The van der Waals surface area contributed by atoms with E-state index in [1.54, 1.807) is 23.1 Å². The molecule has 0 radical (unpaired) electrons. The van der Waals surface area contributed by atoms with Crippen LogP contribution in [0.4, 0.5) is 4.39 Å². The first-order chi connectivity index (χ1) is 13.3. The van der Waals surface area contributed by atoms with Gasteiger partial charge < -0.3 is 4.90 Å². The fourth-order valence-electron chi connectivity index (χ4n) is 3.08. The Morgan fingerprint density at radius 1 is 0.964 bits per heavy atom. The normalized spacial score (nSPS) is 16.0. The number of benzene rings is 2. The zero-order chi connectivity index (χ0) is 20.3. The van der Waals surface area contributed by atoms with E-state index in [0.29, 0.717) is 36.1 Å². The number of carbonyl (C=O) groups excluding carboxylic acids is 1. The largest absolute Gasteiger partial charge is 0.341 e. The summed E-state index contributed by atoms with van der Waals surface area (Å²) in [5.74, 6) is -0.590. The van der Waals surface area contributed by atoms with E-state index in [1.165, 1.54) is 16.4 Å². The molecule has 1 amide bonds. The minimum atomic E-state index is -3.72. The molecule has 0 spiro atoms. The third-order valence-electron chi connectivity index (χ3n) is 4.60. The summed E-state index contributed by atoms with van der Waals surface area (Å²) in [4.78, 5) is 14.3. The summed E-state index contributed by atoms with van der Waals surface area (Å²) in [5.41, 5.74) is 0.749. The standard InChI is InChI=1S/C19H19Cl2FN2O3S/c20-17-7-2-14(12-18(17)21)13-19(25)23-8-1-9-24(11-10-23)28(26,27)16-5-3-15(22)4-6-16/h2-7,12H,1,8-11,13H2. The summed E-state index contributed by atoms with van der Waals surface area (Å²) >= 11 is 11.9. The molecule has 0 saturated carbocycles. The minimum Gasteiger partial charge on any atom is -0.341 e. The third-order valence-corrected chi connectivity index (χ3v) is 7.25. The van der Waals surface area contributed by atoms with Crippen molar-refractivity contribution in [1.82, 2.24) is 9.21 Å². The van der Waals surface area contributed by atoms with Crippen molar-refractivity contribution in [3.8, 4) is 0 Å². The molecule has 0 aliphatic carbocycles. The van der Waals surface area contributed by atoms with Gasteiger partial charge in [0.25, 0.3) is 0 Å². The van der Waals surface area contributed by atoms with Gasteiger partial charge in [-0.1, -0.05) is 29.3 Å². The van der Waals surface area contributed by atoms with Crippen molar-refractivity contribution in [2.24, 2.45) is 0 Å². The van der Waals surface area contributed by atoms with E-state index in [2.05, 4.69) is 0 Å². The third kappa shape index (κ3) is 4.84. The number of carbonyl (C=O) groups is 1. The molecule has 28 heavy (non-hydrogen) atoms. The van der Waals surface area contributed by atoms with Gasteiger partial charge in [-0.25, -0.2) is 12.8 Å². The van der Waals surface area contributed by atoms with E-state index in [0.717, 1.165) is 17.7 Å². The molecule has 1 aliphatic rings. The number of nitrogens with zero attached hydrogens (tertiary/aromatic N) is 2. The number of sulfonamides is 1. The highest BCUT2D eigenvalue weighted by Crippen LogP contribution is 2.23. The zero-order valence-corrected chi connectivity index (χ0v) is 17.3. The molecule has 0 bridgehead atoms. The Balaban J connectivity index is 1.66. The second-order valence-electron chi connectivity index (χ2n) is 6.52. The maximum absolute atomic E-state index is 13.1. The quantitative estimate of drug-likeness (QED) is 0.723. The summed E-state index contributed by atoms with van der Waals surface area (Å²) in [6.45, 7) is 1.25. The molecular formula is C19H19Cl2FN2O3S. The van der Waals surface area contributed by atoms with Gasteiger partial charge in [-0.3, -0.25) is 4.79 Å². The van der Waals surface area contributed by atoms with E-state index in [9.17, 15) is 17.6 Å². The zero-order valence-electron chi connectivity index (χ0n) is 14.9. The van der Waals surface area contributed by atoms with Crippen LogP contribution in [0, 0.1) is 5.82 Å². The van der Waals surface area contributed by atoms with Crippen LogP contribution in [0.3, 0.4) is 0 Å². The molecule has 0 unspecified atom stereocenters. The topological polar surface area (TPSA) is 57.7 Å². The number of amides is 1. The fourth-order valence-corrected chi connectivity index (χ4v) is 4.87. The Bertz CT molecular complexity index is 968. The smallest absolute Gasteiger partial charge is 0.243 e. The maximum Gasteiger partial charge on any atom is 0.243 e. The van der Waals surface area contributed by atoms with Gasteiger partial charge >= 0.3 is 0 Å². The molecule has 3 rings (SSSR count). The first-order valence-corrected chi connectivity index (χ1v) is 10.9. The molecule has 9 heteroatoms. The van der Waals surface area contributed by atoms with Gasteiger partial charge in [-0.15, -0.1) is 0 Å². The molecule has 1 saturated heterocycles. The molecule has 0 aromatic heterocycles. The van der Waals surface area contributed by atoms with Gasteiger partial charge in [0, 0.05) is 26.2 Å². The van der Waals surface area contributed by atoms with Crippen LogP contribution in [0.1, 0.15) is 12.0 Å². The number of rotatable bonds is 4. The summed E-state index contributed by atoms with van der Waals surface area (Å²) in [7, 11) is -3.72. The van der Waals surface area contributed by atoms with Crippen LogP contribution in [0.5, 0.6) is 0 Å². The van der Waals surface area contributed by atoms with Crippen LogP contribution in [0.15, 0.2) is 47.4 Å². The van der Waals surface area contributed by atoms with Crippen molar-refractivity contribution in [1.29, 1.82) is 0 Å². The van der Waals surface area contributed by atoms with Gasteiger partial charge in [0.1, 0.15) is 5.82 Å². The highest BCUT2D eigenvalue weighted by molar-refractivity contribution is 7.89. The Hall–Kier alpha value is -1.67.